The van der Waals surface area contributed by atoms with Crippen LogP contribution >= 0.6 is 11.6 Å². The van der Waals surface area contributed by atoms with Crippen LogP contribution in [-0.2, 0) is 14.4 Å². The van der Waals surface area contributed by atoms with Crippen LogP contribution in [0.2, 0.25) is 5.02 Å². The number of nitrogens with zero attached hydrogens (tertiary/aromatic N) is 1. The summed E-state index contributed by atoms with van der Waals surface area (Å²) in [5, 5.41) is 19.4. The quantitative estimate of drug-likeness (QED) is 0.821. The summed E-state index contributed by atoms with van der Waals surface area (Å²) in [5.41, 5.74) is 0. The topological polar surface area (TPSA) is 104 Å². The standard InChI is InChI=1S/C17H18ClNO6/c18-10-2-4-11(5-3-10)25-8-13(20)19-7-9-1-6-12(19)15(17(23)24)14(9)16(21)22/h2-5,9,12,14-15H,1,6-8H2,(H,21,22)(H,23,24). The van der Waals surface area contributed by atoms with Crippen LogP contribution in [-0.4, -0.2) is 52.2 Å². The molecule has 2 aliphatic heterocycles. The maximum absolute atomic E-state index is 12.5. The number of carbonyl (C=O) groups excluding carboxylic acids is 1. The van der Waals surface area contributed by atoms with E-state index in [-0.39, 0.29) is 25.0 Å². The highest BCUT2D eigenvalue weighted by Gasteiger charge is 2.55. The van der Waals surface area contributed by atoms with Crippen LogP contribution < -0.4 is 4.74 Å². The number of carboxylic acid groups (broad SMARTS) is 2. The second-order valence-corrected chi connectivity index (χ2v) is 6.86. The van der Waals surface area contributed by atoms with E-state index >= 15 is 0 Å². The number of hydrogen-bond acceptors (Lipinski definition) is 4. The van der Waals surface area contributed by atoms with Crippen molar-refractivity contribution in [1.82, 2.24) is 4.90 Å². The van der Waals surface area contributed by atoms with E-state index in [1.165, 1.54) is 4.90 Å². The lowest BCUT2D eigenvalue weighted by atomic mass is 9.65. The van der Waals surface area contributed by atoms with Gasteiger partial charge in [-0.25, -0.2) is 0 Å². The monoisotopic (exact) mass is 367 g/mol. The van der Waals surface area contributed by atoms with Gasteiger partial charge in [-0.3, -0.25) is 14.4 Å². The number of carbonyl (C=O) groups is 3. The fraction of sp³-hybridized carbons (Fsp3) is 0.471. The zero-order valence-electron chi connectivity index (χ0n) is 13.3. The van der Waals surface area contributed by atoms with Gasteiger partial charge in [0, 0.05) is 17.6 Å². The molecule has 4 unspecified atom stereocenters. The zero-order chi connectivity index (χ0) is 18.1. The van der Waals surface area contributed by atoms with Gasteiger partial charge in [-0.2, -0.15) is 0 Å². The van der Waals surface area contributed by atoms with Crippen molar-refractivity contribution in [2.75, 3.05) is 13.2 Å². The van der Waals surface area contributed by atoms with Gasteiger partial charge in [-0.05, 0) is 43.0 Å². The number of halogens is 1. The molecule has 3 fully saturated rings. The van der Waals surface area contributed by atoms with Gasteiger partial charge in [0.25, 0.3) is 5.91 Å². The summed E-state index contributed by atoms with van der Waals surface area (Å²) in [6.07, 6.45) is 1.12. The van der Waals surface area contributed by atoms with Crippen LogP contribution in [0, 0.1) is 17.8 Å². The lowest BCUT2D eigenvalue weighted by Crippen LogP contribution is -2.63. The van der Waals surface area contributed by atoms with Crippen LogP contribution in [0.5, 0.6) is 5.75 Å². The van der Waals surface area contributed by atoms with Crippen molar-refractivity contribution in [1.29, 1.82) is 0 Å². The van der Waals surface area contributed by atoms with Crippen LogP contribution in [0.3, 0.4) is 0 Å². The number of piperidine rings is 2. The summed E-state index contributed by atoms with van der Waals surface area (Å²) >= 11 is 5.79. The molecule has 2 N–H and O–H groups in total. The number of aliphatic carboxylic acids is 2. The molecular weight excluding hydrogens is 350 g/mol. The van der Waals surface area contributed by atoms with E-state index in [1.807, 2.05) is 0 Å². The number of fused-ring (bicyclic) bond motifs is 3. The van der Waals surface area contributed by atoms with Gasteiger partial charge in [0.15, 0.2) is 6.61 Å². The Kier molecular flexibility index (Phi) is 4.85. The molecule has 25 heavy (non-hydrogen) atoms. The van der Waals surface area contributed by atoms with Gasteiger partial charge in [-0.15, -0.1) is 0 Å². The van der Waals surface area contributed by atoms with Crippen molar-refractivity contribution >= 4 is 29.4 Å². The first-order chi connectivity index (χ1) is 11.9. The Morgan fingerprint density at radius 3 is 2.32 bits per heavy atom. The average Bonchev–Trinajstić information content (AvgIpc) is 2.60. The molecule has 1 aromatic carbocycles. The molecule has 134 valence electrons. The lowest BCUT2D eigenvalue weighted by molar-refractivity contribution is -0.174. The van der Waals surface area contributed by atoms with Gasteiger partial charge in [0.05, 0.1) is 11.8 Å². The molecule has 1 amide bonds. The molecule has 0 radical (unpaired) electrons. The predicted octanol–water partition coefficient (Wildman–Crippen LogP) is 1.74. The number of hydrogen-bond donors (Lipinski definition) is 2. The molecule has 7 nitrogen and oxygen atoms in total. The molecule has 4 atom stereocenters. The summed E-state index contributed by atoms with van der Waals surface area (Å²) in [4.78, 5) is 37.0. The van der Waals surface area contributed by atoms with Gasteiger partial charge in [-0.1, -0.05) is 11.6 Å². The Balaban J connectivity index is 1.70. The molecule has 2 bridgehead atoms. The highest BCUT2D eigenvalue weighted by Crippen LogP contribution is 2.43. The fourth-order valence-corrected chi connectivity index (χ4v) is 4.06. The van der Waals surface area contributed by atoms with E-state index in [0.717, 1.165) is 0 Å². The van der Waals surface area contributed by atoms with Crippen molar-refractivity contribution in [3.05, 3.63) is 29.3 Å². The second kappa shape index (κ2) is 6.92. The van der Waals surface area contributed by atoms with E-state index in [1.54, 1.807) is 24.3 Å². The van der Waals surface area contributed by atoms with Gasteiger partial charge in [0.1, 0.15) is 5.75 Å². The van der Waals surface area contributed by atoms with E-state index in [9.17, 15) is 24.6 Å². The van der Waals surface area contributed by atoms with Crippen molar-refractivity contribution in [3.63, 3.8) is 0 Å². The average molecular weight is 368 g/mol. The minimum Gasteiger partial charge on any atom is -0.484 e. The third kappa shape index (κ3) is 3.42. The number of ether oxygens (including phenoxy) is 1. The molecule has 3 aliphatic rings. The first-order valence-electron chi connectivity index (χ1n) is 8.02. The first kappa shape index (κ1) is 17.5. The van der Waals surface area contributed by atoms with Gasteiger partial charge in [0.2, 0.25) is 0 Å². The maximum atomic E-state index is 12.5. The van der Waals surface area contributed by atoms with Gasteiger partial charge < -0.3 is 19.8 Å². The Morgan fingerprint density at radius 1 is 1.08 bits per heavy atom. The molecule has 0 spiro atoms. The summed E-state index contributed by atoms with van der Waals surface area (Å²) in [7, 11) is 0. The minimum atomic E-state index is -1.17. The van der Waals surface area contributed by atoms with Crippen molar-refractivity contribution in [2.45, 2.75) is 18.9 Å². The lowest BCUT2D eigenvalue weighted by Gasteiger charge is -2.51. The van der Waals surface area contributed by atoms with E-state index in [4.69, 9.17) is 16.3 Å². The first-order valence-corrected chi connectivity index (χ1v) is 8.39. The number of carboxylic acids is 2. The number of benzene rings is 1. The summed E-state index contributed by atoms with van der Waals surface area (Å²) in [6.45, 7) is 0.0309. The molecule has 1 aromatic rings. The Hall–Kier alpha value is -2.28. The molecule has 4 rings (SSSR count). The second-order valence-electron chi connectivity index (χ2n) is 6.42. The molecule has 0 aromatic heterocycles. The zero-order valence-corrected chi connectivity index (χ0v) is 14.1. The molecule has 1 aliphatic carbocycles. The Labute approximate surface area is 149 Å². The fourth-order valence-electron chi connectivity index (χ4n) is 3.94. The third-order valence-corrected chi connectivity index (χ3v) is 5.29. The molecule has 1 saturated carbocycles. The van der Waals surface area contributed by atoms with Crippen molar-refractivity contribution < 1.29 is 29.3 Å². The minimum absolute atomic E-state index is 0.227. The maximum Gasteiger partial charge on any atom is 0.309 e. The van der Waals surface area contributed by atoms with Crippen molar-refractivity contribution in [2.24, 2.45) is 17.8 Å². The molecular formula is C17H18ClNO6. The van der Waals surface area contributed by atoms with E-state index in [0.29, 0.717) is 23.6 Å². The summed E-state index contributed by atoms with van der Waals surface area (Å²) in [5.74, 6) is -4.49. The van der Waals surface area contributed by atoms with E-state index in [2.05, 4.69) is 0 Å². The largest absolute Gasteiger partial charge is 0.484 e. The SMILES string of the molecule is O=C(O)C1C2CCC(C1C(=O)O)N(C(=O)COc1ccc(Cl)cc1)C2. The van der Waals surface area contributed by atoms with Crippen molar-refractivity contribution in [3.8, 4) is 5.75 Å². The normalized spacial score (nSPS) is 27.8. The van der Waals surface area contributed by atoms with Gasteiger partial charge >= 0.3 is 11.9 Å². The number of rotatable bonds is 5. The predicted molar refractivity (Wildman–Crippen MR) is 87.4 cm³/mol. The molecule has 8 heteroatoms. The van der Waals surface area contributed by atoms with Crippen LogP contribution in [0.4, 0.5) is 0 Å². The highest BCUT2D eigenvalue weighted by atomic mass is 35.5. The smallest absolute Gasteiger partial charge is 0.309 e. The summed E-state index contributed by atoms with van der Waals surface area (Å²) < 4.78 is 5.44. The van der Waals surface area contributed by atoms with E-state index < -0.39 is 29.8 Å². The number of amides is 1. The highest BCUT2D eigenvalue weighted by molar-refractivity contribution is 6.30. The Bertz CT molecular complexity index is 691. The third-order valence-electron chi connectivity index (χ3n) is 5.04. The molecule has 2 saturated heterocycles. The Morgan fingerprint density at radius 2 is 1.72 bits per heavy atom. The van der Waals surface area contributed by atoms with Crippen LogP contribution in [0.25, 0.3) is 0 Å². The summed E-state index contributed by atoms with van der Waals surface area (Å²) in [6, 6.07) is 5.95. The van der Waals surface area contributed by atoms with Crippen LogP contribution in [0.1, 0.15) is 12.8 Å². The van der Waals surface area contributed by atoms with Crippen LogP contribution in [0.15, 0.2) is 24.3 Å². The molecule has 2 heterocycles.